The number of rotatable bonds is 3. The van der Waals surface area contributed by atoms with Crippen LogP contribution >= 0.6 is 11.6 Å². The molecular weight excluding hydrogens is 264 g/mol. The first-order valence-corrected chi connectivity index (χ1v) is 9.89. The molecule has 1 aromatic heterocycles. The van der Waals surface area contributed by atoms with Crippen LogP contribution in [0.25, 0.3) is 11.3 Å². The zero-order valence-electron chi connectivity index (χ0n) is 10.8. The Balaban J connectivity index is 2.32. The van der Waals surface area contributed by atoms with Crippen molar-refractivity contribution in [1.82, 2.24) is 15.0 Å². The summed E-state index contributed by atoms with van der Waals surface area (Å²) in [6.07, 6.45) is 2.87. The van der Waals surface area contributed by atoms with Crippen molar-refractivity contribution in [3.05, 3.63) is 29.4 Å². The van der Waals surface area contributed by atoms with E-state index in [2.05, 4.69) is 30.0 Å². The van der Waals surface area contributed by atoms with Crippen molar-refractivity contribution >= 4 is 25.4 Å². The monoisotopic (exact) mass is 280 g/mol. The van der Waals surface area contributed by atoms with Gasteiger partial charge in [-0.25, -0.2) is 0 Å². The summed E-state index contributed by atoms with van der Waals surface area (Å²) in [4.78, 5) is 0. The molecule has 0 fully saturated rings. The lowest BCUT2D eigenvalue weighted by Crippen LogP contribution is -2.28. The van der Waals surface area contributed by atoms with Crippen LogP contribution in [-0.4, -0.2) is 23.1 Å². The summed E-state index contributed by atoms with van der Waals surface area (Å²) < 4.78 is 1.89. The highest BCUT2D eigenvalue weighted by Gasteiger charge is 2.16. The Labute approximate surface area is 113 Å². The number of benzene rings is 1. The standard InChI is InChI=1S/C12H17ClN4Si/c1-18(2,3)8-17-7-12(15-16-17)10-6-9(14)4-5-11(10)13/h4-7H,8,14H2,1-3H3. The molecular formula is C12H17ClN4Si. The van der Waals surface area contributed by atoms with Gasteiger partial charge in [0.2, 0.25) is 0 Å². The van der Waals surface area contributed by atoms with Crippen molar-refractivity contribution in [3.63, 3.8) is 0 Å². The van der Waals surface area contributed by atoms with Gasteiger partial charge in [0, 0.05) is 17.4 Å². The van der Waals surface area contributed by atoms with E-state index in [0.717, 1.165) is 17.4 Å². The molecule has 0 aliphatic heterocycles. The second kappa shape index (κ2) is 4.74. The van der Waals surface area contributed by atoms with Crippen molar-refractivity contribution in [2.24, 2.45) is 0 Å². The number of nitrogens with zero attached hydrogens (tertiary/aromatic N) is 3. The molecule has 2 N–H and O–H groups in total. The lowest BCUT2D eigenvalue weighted by Gasteiger charge is -2.14. The third kappa shape index (κ3) is 3.11. The number of aromatic nitrogens is 3. The molecule has 0 amide bonds. The molecule has 0 aliphatic rings. The normalized spacial score (nSPS) is 11.8. The number of nitrogens with two attached hydrogens (primary N) is 1. The maximum Gasteiger partial charge on any atom is 0.114 e. The lowest BCUT2D eigenvalue weighted by atomic mass is 10.1. The Kier molecular flexibility index (Phi) is 3.45. The minimum absolute atomic E-state index is 0.643. The lowest BCUT2D eigenvalue weighted by molar-refractivity contribution is 0.681. The molecule has 0 unspecified atom stereocenters. The quantitative estimate of drug-likeness (QED) is 0.694. The minimum atomic E-state index is -1.21. The number of hydrogen-bond donors (Lipinski definition) is 1. The summed E-state index contributed by atoms with van der Waals surface area (Å²) in [5.74, 6) is 0. The molecule has 2 rings (SSSR count). The second-order valence-corrected chi connectivity index (χ2v) is 11.4. The van der Waals surface area contributed by atoms with E-state index >= 15 is 0 Å². The van der Waals surface area contributed by atoms with E-state index in [9.17, 15) is 0 Å². The molecule has 0 atom stereocenters. The molecule has 0 radical (unpaired) electrons. The highest BCUT2D eigenvalue weighted by Crippen LogP contribution is 2.28. The minimum Gasteiger partial charge on any atom is -0.399 e. The number of halogens is 1. The molecule has 0 spiro atoms. The van der Waals surface area contributed by atoms with E-state index in [4.69, 9.17) is 17.3 Å². The van der Waals surface area contributed by atoms with E-state index in [1.54, 1.807) is 12.1 Å². The topological polar surface area (TPSA) is 56.7 Å². The number of hydrogen-bond acceptors (Lipinski definition) is 3. The van der Waals surface area contributed by atoms with Crippen LogP contribution in [0.15, 0.2) is 24.4 Å². The van der Waals surface area contributed by atoms with Crippen molar-refractivity contribution in [2.75, 3.05) is 5.73 Å². The Bertz CT molecular complexity index is 559. The van der Waals surface area contributed by atoms with Gasteiger partial charge in [0.15, 0.2) is 0 Å². The van der Waals surface area contributed by atoms with Crippen molar-refractivity contribution in [1.29, 1.82) is 0 Å². The summed E-state index contributed by atoms with van der Waals surface area (Å²) >= 11 is 6.15. The van der Waals surface area contributed by atoms with E-state index < -0.39 is 8.07 Å². The number of nitrogen functional groups attached to an aromatic ring is 1. The molecule has 1 aromatic carbocycles. The van der Waals surface area contributed by atoms with Crippen molar-refractivity contribution in [2.45, 2.75) is 25.8 Å². The molecule has 0 aliphatic carbocycles. The van der Waals surface area contributed by atoms with Crippen LogP contribution in [-0.2, 0) is 6.17 Å². The molecule has 0 saturated carbocycles. The summed E-state index contributed by atoms with van der Waals surface area (Å²) in [6.45, 7) is 6.88. The Morgan fingerprint density at radius 3 is 2.72 bits per heavy atom. The van der Waals surface area contributed by atoms with Gasteiger partial charge in [-0.2, -0.15) is 0 Å². The molecule has 96 valence electrons. The first-order valence-electron chi connectivity index (χ1n) is 5.81. The fourth-order valence-electron chi connectivity index (χ4n) is 1.72. The van der Waals surface area contributed by atoms with E-state index in [1.165, 1.54) is 0 Å². The van der Waals surface area contributed by atoms with Gasteiger partial charge in [-0.3, -0.25) is 4.68 Å². The first kappa shape index (κ1) is 13.1. The van der Waals surface area contributed by atoms with Crippen molar-refractivity contribution < 1.29 is 0 Å². The molecule has 6 heteroatoms. The van der Waals surface area contributed by atoms with Crippen LogP contribution in [0.3, 0.4) is 0 Å². The van der Waals surface area contributed by atoms with Crippen LogP contribution in [0.1, 0.15) is 0 Å². The smallest absolute Gasteiger partial charge is 0.114 e. The maximum absolute atomic E-state index is 6.15. The molecule has 18 heavy (non-hydrogen) atoms. The maximum atomic E-state index is 6.15. The van der Waals surface area contributed by atoms with Crippen LogP contribution in [0.2, 0.25) is 24.7 Å². The highest BCUT2D eigenvalue weighted by molar-refractivity contribution is 6.74. The molecule has 2 aromatic rings. The zero-order valence-corrected chi connectivity index (χ0v) is 12.6. The molecule has 0 bridgehead atoms. The van der Waals surface area contributed by atoms with E-state index in [0.29, 0.717) is 10.7 Å². The van der Waals surface area contributed by atoms with Crippen LogP contribution in [0.5, 0.6) is 0 Å². The summed E-state index contributed by atoms with van der Waals surface area (Å²) in [5.41, 5.74) is 8.04. The van der Waals surface area contributed by atoms with Crippen LogP contribution in [0, 0.1) is 0 Å². The van der Waals surface area contributed by atoms with Gasteiger partial charge in [0.25, 0.3) is 0 Å². The van der Waals surface area contributed by atoms with Gasteiger partial charge in [-0.05, 0) is 18.2 Å². The fourth-order valence-corrected chi connectivity index (χ4v) is 3.07. The summed E-state index contributed by atoms with van der Waals surface area (Å²) in [6, 6.07) is 5.38. The molecule has 0 saturated heterocycles. The van der Waals surface area contributed by atoms with Gasteiger partial charge >= 0.3 is 0 Å². The van der Waals surface area contributed by atoms with E-state index in [-0.39, 0.29) is 0 Å². The molecule has 4 nitrogen and oxygen atoms in total. The van der Waals surface area contributed by atoms with Crippen molar-refractivity contribution in [3.8, 4) is 11.3 Å². The SMILES string of the molecule is C[Si](C)(C)Cn1cc(-c2cc(N)ccc2Cl)nn1. The zero-order chi connectivity index (χ0) is 13.3. The third-order valence-electron chi connectivity index (χ3n) is 2.44. The molecule has 1 heterocycles. The predicted octanol–water partition coefficient (Wildman–Crippen LogP) is 3.06. The van der Waals surface area contributed by atoms with Crippen LogP contribution in [0.4, 0.5) is 5.69 Å². The largest absolute Gasteiger partial charge is 0.399 e. The van der Waals surface area contributed by atoms with Crippen LogP contribution < -0.4 is 5.73 Å². The fraction of sp³-hybridized carbons (Fsp3) is 0.333. The van der Waals surface area contributed by atoms with E-state index in [1.807, 2.05) is 16.9 Å². The first-order chi connectivity index (χ1) is 8.35. The summed E-state index contributed by atoms with van der Waals surface area (Å²) in [7, 11) is -1.21. The Morgan fingerprint density at radius 2 is 2.06 bits per heavy atom. The average molecular weight is 281 g/mol. The predicted molar refractivity (Wildman–Crippen MR) is 78.2 cm³/mol. The van der Waals surface area contributed by atoms with Gasteiger partial charge in [0.1, 0.15) is 5.69 Å². The van der Waals surface area contributed by atoms with Gasteiger partial charge < -0.3 is 5.73 Å². The van der Waals surface area contributed by atoms with Gasteiger partial charge in [-0.15, -0.1) is 5.10 Å². The van der Waals surface area contributed by atoms with Gasteiger partial charge in [0.05, 0.1) is 19.3 Å². The second-order valence-electron chi connectivity index (χ2n) is 5.60. The third-order valence-corrected chi connectivity index (χ3v) is 4.04. The highest BCUT2D eigenvalue weighted by atomic mass is 35.5. The Hall–Kier alpha value is -1.33. The summed E-state index contributed by atoms with van der Waals surface area (Å²) in [5, 5.41) is 8.96. The average Bonchev–Trinajstić information content (AvgIpc) is 2.67. The van der Waals surface area contributed by atoms with Gasteiger partial charge in [-0.1, -0.05) is 36.5 Å². The Morgan fingerprint density at radius 1 is 1.33 bits per heavy atom. The number of anilines is 1.